The molecule has 0 N–H and O–H groups in total. The van der Waals surface area contributed by atoms with Gasteiger partial charge in [-0.05, 0) is 35.7 Å². The molecule has 0 saturated heterocycles. The fourth-order valence-electron chi connectivity index (χ4n) is 2.94. The lowest BCUT2D eigenvalue weighted by Gasteiger charge is -2.38. The van der Waals surface area contributed by atoms with Gasteiger partial charge in [0.1, 0.15) is 0 Å². The monoisotopic (exact) mass is 176 g/mol. The Bertz CT molecular complexity index is 270. The van der Waals surface area contributed by atoms with E-state index in [1.165, 1.54) is 6.42 Å². The molecule has 13 heavy (non-hydrogen) atoms. The molecule has 2 aliphatic rings. The second kappa shape index (κ2) is 3.01. The highest BCUT2D eigenvalue weighted by atomic mass is 14.4. The smallest absolute Gasteiger partial charge is 0.0127 e. The van der Waals surface area contributed by atoms with Crippen LogP contribution in [-0.4, -0.2) is 0 Å². The molecule has 0 saturated carbocycles. The van der Waals surface area contributed by atoms with Gasteiger partial charge in [0.05, 0.1) is 0 Å². The van der Waals surface area contributed by atoms with Crippen LogP contribution in [-0.2, 0) is 0 Å². The van der Waals surface area contributed by atoms with Gasteiger partial charge < -0.3 is 0 Å². The van der Waals surface area contributed by atoms with Crippen molar-refractivity contribution in [2.75, 3.05) is 0 Å². The Morgan fingerprint density at radius 1 is 1.00 bits per heavy atom. The molecule has 0 spiro atoms. The van der Waals surface area contributed by atoms with E-state index in [-0.39, 0.29) is 0 Å². The Morgan fingerprint density at radius 2 is 1.62 bits per heavy atom. The van der Waals surface area contributed by atoms with Crippen molar-refractivity contribution in [3.63, 3.8) is 0 Å². The summed E-state index contributed by atoms with van der Waals surface area (Å²) in [4.78, 5) is 0. The number of rotatable bonds is 0. The molecule has 72 valence electrons. The van der Waals surface area contributed by atoms with Crippen LogP contribution in [0.4, 0.5) is 0 Å². The Balaban J connectivity index is 2.38. The molecule has 0 aromatic heterocycles. The molecule has 2 aliphatic carbocycles. The minimum atomic E-state index is 0.778. The van der Waals surface area contributed by atoms with Crippen molar-refractivity contribution in [3.8, 4) is 0 Å². The number of hydrogen-bond acceptors (Lipinski definition) is 0. The van der Waals surface area contributed by atoms with Crippen LogP contribution < -0.4 is 0 Å². The zero-order chi connectivity index (χ0) is 9.59. The summed E-state index contributed by atoms with van der Waals surface area (Å²) in [5.41, 5.74) is 3.37. The third kappa shape index (κ3) is 1.19. The first-order valence-electron chi connectivity index (χ1n) is 5.52. The molecule has 0 aromatic carbocycles. The van der Waals surface area contributed by atoms with Gasteiger partial charge in [-0.3, -0.25) is 0 Å². The summed E-state index contributed by atoms with van der Waals surface area (Å²) >= 11 is 0. The molecule has 0 bridgehead atoms. The predicted molar refractivity (Wildman–Crippen MR) is 57.4 cm³/mol. The molecule has 4 atom stereocenters. The molecule has 0 nitrogen and oxygen atoms in total. The van der Waals surface area contributed by atoms with Crippen LogP contribution in [0.2, 0.25) is 0 Å². The van der Waals surface area contributed by atoms with Crippen LogP contribution in [0.3, 0.4) is 0 Å². The lowest BCUT2D eigenvalue weighted by Crippen LogP contribution is -2.29. The van der Waals surface area contributed by atoms with E-state index in [1.807, 2.05) is 0 Å². The van der Waals surface area contributed by atoms with Gasteiger partial charge in [-0.2, -0.15) is 0 Å². The molecular formula is C13H20. The van der Waals surface area contributed by atoms with Gasteiger partial charge in [-0.15, -0.1) is 0 Å². The fraction of sp³-hybridized carbons (Fsp3) is 0.692. The first-order chi connectivity index (χ1) is 6.13. The maximum Gasteiger partial charge on any atom is -0.0127 e. The molecule has 0 radical (unpaired) electrons. The highest BCUT2D eigenvalue weighted by Gasteiger charge is 2.35. The first kappa shape index (κ1) is 9.05. The van der Waals surface area contributed by atoms with Gasteiger partial charge in [-0.25, -0.2) is 0 Å². The second-order valence-corrected chi connectivity index (χ2v) is 4.88. The van der Waals surface area contributed by atoms with Crippen LogP contribution in [0, 0.1) is 23.7 Å². The van der Waals surface area contributed by atoms with Gasteiger partial charge >= 0.3 is 0 Å². The first-order valence-corrected chi connectivity index (χ1v) is 5.52. The fourth-order valence-corrected chi connectivity index (χ4v) is 2.94. The summed E-state index contributed by atoms with van der Waals surface area (Å²) in [5, 5.41) is 0. The van der Waals surface area contributed by atoms with Gasteiger partial charge in [-0.1, -0.05) is 45.4 Å². The topological polar surface area (TPSA) is 0 Å². The van der Waals surface area contributed by atoms with E-state index in [9.17, 15) is 0 Å². The second-order valence-electron chi connectivity index (χ2n) is 4.88. The molecule has 0 aliphatic heterocycles. The molecular weight excluding hydrogens is 156 g/mol. The summed E-state index contributed by atoms with van der Waals surface area (Å²) < 4.78 is 0. The van der Waals surface area contributed by atoms with E-state index in [0.29, 0.717) is 0 Å². The van der Waals surface area contributed by atoms with Crippen LogP contribution in [0.5, 0.6) is 0 Å². The quantitative estimate of drug-likeness (QED) is 0.526. The number of allylic oxidation sites excluding steroid dienone is 4. The minimum Gasteiger partial charge on any atom is -0.0802 e. The summed E-state index contributed by atoms with van der Waals surface area (Å²) in [6.45, 7) is 9.60. The molecule has 0 amide bonds. The van der Waals surface area contributed by atoms with E-state index >= 15 is 0 Å². The summed E-state index contributed by atoms with van der Waals surface area (Å²) in [6, 6.07) is 0. The average molecular weight is 176 g/mol. The van der Waals surface area contributed by atoms with Gasteiger partial charge in [0.15, 0.2) is 0 Å². The van der Waals surface area contributed by atoms with E-state index in [4.69, 9.17) is 0 Å². The van der Waals surface area contributed by atoms with E-state index in [0.717, 1.165) is 23.7 Å². The van der Waals surface area contributed by atoms with Crippen LogP contribution >= 0.6 is 0 Å². The molecule has 2 rings (SSSR count). The Hall–Kier alpha value is -0.520. The Labute approximate surface area is 81.7 Å². The van der Waals surface area contributed by atoms with Crippen molar-refractivity contribution in [2.24, 2.45) is 23.7 Å². The molecule has 0 aromatic rings. The van der Waals surface area contributed by atoms with Gasteiger partial charge in [0.2, 0.25) is 0 Å². The highest BCUT2D eigenvalue weighted by Crippen LogP contribution is 2.45. The maximum atomic E-state index is 2.41. The summed E-state index contributed by atoms with van der Waals surface area (Å²) in [6.07, 6.45) is 5.92. The molecule has 0 fully saturated rings. The Morgan fingerprint density at radius 3 is 2.31 bits per heavy atom. The van der Waals surface area contributed by atoms with Crippen molar-refractivity contribution >= 4 is 0 Å². The van der Waals surface area contributed by atoms with E-state index < -0.39 is 0 Å². The van der Waals surface area contributed by atoms with Crippen molar-refractivity contribution in [3.05, 3.63) is 23.3 Å². The summed E-state index contributed by atoms with van der Waals surface area (Å²) in [5.74, 6) is 3.28. The lowest BCUT2D eigenvalue weighted by atomic mass is 9.67. The van der Waals surface area contributed by atoms with E-state index in [1.54, 1.807) is 11.1 Å². The Kier molecular flexibility index (Phi) is 2.09. The highest BCUT2D eigenvalue weighted by molar-refractivity contribution is 5.39. The third-order valence-electron chi connectivity index (χ3n) is 4.45. The lowest BCUT2D eigenvalue weighted by molar-refractivity contribution is 0.230. The predicted octanol–water partition coefficient (Wildman–Crippen LogP) is 3.80. The van der Waals surface area contributed by atoms with Crippen LogP contribution in [0.25, 0.3) is 0 Å². The summed E-state index contributed by atoms with van der Waals surface area (Å²) in [7, 11) is 0. The minimum absolute atomic E-state index is 0.778. The average Bonchev–Trinajstić information content (AvgIpc) is 2.59. The molecule has 0 heterocycles. The van der Waals surface area contributed by atoms with Gasteiger partial charge in [0, 0.05) is 0 Å². The van der Waals surface area contributed by atoms with Crippen molar-refractivity contribution in [2.45, 2.75) is 34.1 Å². The van der Waals surface area contributed by atoms with Crippen molar-refractivity contribution < 1.29 is 0 Å². The van der Waals surface area contributed by atoms with Crippen molar-refractivity contribution in [1.82, 2.24) is 0 Å². The molecule has 0 heteroatoms. The zero-order valence-corrected chi connectivity index (χ0v) is 9.17. The van der Waals surface area contributed by atoms with E-state index in [2.05, 4.69) is 39.8 Å². The van der Waals surface area contributed by atoms with Crippen LogP contribution in [0.15, 0.2) is 23.3 Å². The van der Waals surface area contributed by atoms with Gasteiger partial charge in [0.25, 0.3) is 0 Å². The normalized spacial score (nSPS) is 44.0. The third-order valence-corrected chi connectivity index (χ3v) is 4.45. The SMILES string of the molecule is CC1C2=C(CC=C2)C(C)C(C)C1C. The largest absolute Gasteiger partial charge is 0.0802 e. The number of hydrogen-bond donors (Lipinski definition) is 0. The van der Waals surface area contributed by atoms with Crippen LogP contribution in [0.1, 0.15) is 34.1 Å². The zero-order valence-electron chi connectivity index (χ0n) is 9.17. The van der Waals surface area contributed by atoms with Crippen molar-refractivity contribution in [1.29, 1.82) is 0 Å². The molecule has 4 unspecified atom stereocenters. The standard InChI is InChI=1S/C13H20/c1-8-9(2)11(4)13-7-5-6-12(13)10(8)3/h5-6,8-11H,7H2,1-4H3. The maximum absolute atomic E-state index is 2.41.